The SMILES string of the molecule is N#Cc1cc2c3ccccc3n(-c3cc(-c4ccccc4)ccn3)c2cc1Oc1ccc2c3ccccc3n(-c3cc(-c4ccccc4)ccn3)c2c1. The smallest absolute Gasteiger partial charge is 0.147 e. The first-order chi connectivity index (χ1) is 26.2. The minimum Gasteiger partial charge on any atom is -0.456 e. The molecule has 0 radical (unpaired) electrons. The molecule has 0 spiro atoms. The fourth-order valence-corrected chi connectivity index (χ4v) is 7.50. The molecule has 6 heteroatoms. The largest absolute Gasteiger partial charge is 0.456 e. The molecule has 10 rings (SSSR count). The van der Waals surface area contributed by atoms with Gasteiger partial charge in [-0.25, -0.2) is 9.97 Å². The number of fused-ring (bicyclic) bond motifs is 6. The summed E-state index contributed by atoms with van der Waals surface area (Å²) in [5.41, 5.74) is 8.74. The van der Waals surface area contributed by atoms with Gasteiger partial charge in [0.2, 0.25) is 0 Å². The van der Waals surface area contributed by atoms with E-state index in [1.807, 2.05) is 103 Å². The summed E-state index contributed by atoms with van der Waals surface area (Å²) in [5.74, 6) is 2.67. The van der Waals surface area contributed by atoms with Crippen LogP contribution in [-0.4, -0.2) is 19.1 Å². The number of nitriles is 1. The molecule has 0 amide bonds. The van der Waals surface area contributed by atoms with Crippen molar-refractivity contribution in [2.24, 2.45) is 0 Å². The molecule has 4 aromatic heterocycles. The van der Waals surface area contributed by atoms with E-state index in [1.54, 1.807) is 0 Å². The number of benzene rings is 6. The standard InChI is InChI=1S/C47H29N5O/c48-30-35-25-40-38-16-8-10-18-42(38)52(47-27-34(22-24-50-47)32-13-5-2-6-14-32)44(40)29-45(35)53-36-19-20-39-37-15-7-9-17-41(37)51(43(39)28-36)46-26-33(21-23-49-46)31-11-3-1-4-12-31/h1-29H. The molecule has 53 heavy (non-hydrogen) atoms. The Hall–Kier alpha value is -7.49. The maximum absolute atomic E-state index is 10.4. The lowest BCUT2D eigenvalue weighted by Gasteiger charge is -2.12. The topological polar surface area (TPSA) is 68.7 Å². The van der Waals surface area contributed by atoms with Crippen molar-refractivity contribution in [3.05, 3.63) is 182 Å². The number of hydrogen-bond acceptors (Lipinski definition) is 4. The summed E-state index contributed by atoms with van der Waals surface area (Å²) in [6.07, 6.45) is 3.70. The molecule has 10 aromatic rings. The van der Waals surface area contributed by atoms with E-state index in [1.165, 1.54) is 0 Å². The van der Waals surface area contributed by atoms with Crippen LogP contribution in [-0.2, 0) is 0 Å². The summed E-state index contributed by atoms with van der Waals surface area (Å²) in [5, 5.41) is 14.6. The van der Waals surface area contributed by atoms with Crippen LogP contribution >= 0.6 is 0 Å². The molecule has 0 atom stereocenters. The molecular formula is C47H29N5O. The van der Waals surface area contributed by atoms with Crippen LogP contribution in [0.1, 0.15) is 5.56 Å². The van der Waals surface area contributed by atoms with Crippen molar-refractivity contribution >= 4 is 43.6 Å². The van der Waals surface area contributed by atoms with E-state index in [-0.39, 0.29) is 0 Å². The maximum Gasteiger partial charge on any atom is 0.147 e. The Bertz CT molecular complexity index is 3050. The summed E-state index contributed by atoms with van der Waals surface area (Å²) in [7, 11) is 0. The zero-order chi connectivity index (χ0) is 35.3. The number of ether oxygens (including phenoxy) is 1. The molecule has 0 saturated carbocycles. The molecule has 0 aliphatic carbocycles. The lowest BCUT2D eigenvalue weighted by Crippen LogP contribution is -1.99. The van der Waals surface area contributed by atoms with E-state index in [9.17, 15) is 5.26 Å². The normalized spacial score (nSPS) is 11.4. The highest BCUT2D eigenvalue weighted by atomic mass is 16.5. The molecule has 4 heterocycles. The highest BCUT2D eigenvalue weighted by Gasteiger charge is 2.19. The third kappa shape index (κ3) is 5.11. The minimum atomic E-state index is 0.448. The van der Waals surface area contributed by atoms with Gasteiger partial charge in [0, 0.05) is 46.1 Å². The first-order valence-electron chi connectivity index (χ1n) is 17.5. The van der Waals surface area contributed by atoms with Gasteiger partial charge in [-0.1, -0.05) is 97.1 Å². The highest BCUT2D eigenvalue weighted by Crippen LogP contribution is 2.40. The second-order valence-corrected chi connectivity index (χ2v) is 13.0. The predicted molar refractivity (Wildman–Crippen MR) is 213 cm³/mol. The molecule has 0 aliphatic rings. The first kappa shape index (κ1) is 30.3. The molecule has 6 nitrogen and oxygen atoms in total. The van der Waals surface area contributed by atoms with Crippen molar-refractivity contribution in [3.8, 4) is 51.5 Å². The lowest BCUT2D eigenvalue weighted by atomic mass is 10.1. The Kier molecular flexibility index (Phi) is 7.09. The van der Waals surface area contributed by atoms with Gasteiger partial charge in [-0.3, -0.25) is 9.13 Å². The number of rotatable bonds is 6. The van der Waals surface area contributed by atoms with Crippen LogP contribution in [0.5, 0.6) is 11.5 Å². The van der Waals surface area contributed by atoms with Crippen LogP contribution in [0.4, 0.5) is 0 Å². The molecule has 248 valence electrons. The summed E-state index contributed by atoms with van der Waals surface area (Å²) >= 11 is 0. The lowest BCUT2D eigenvalue weighted by molar-refractivity contribution is 0.482. The number of pyridine rings is 2. The Morgan fingerprint density at radius 3 is 1.53 bits per heavy atom. The third-order valence-corrected chi connectivity index (χ3v) is 9.93. The number of para-hydroxylation sites is 2. The molecular weight excluding hydrogens is 651 g/mol. The number of hydrogen-bond donors (Lipinski definition) is 0. The van der Waals surface area contributed by atoms with Crippen molar-refractivity contribution in [1.82, 2.24) is 19.1 Å². The van der Waals surface area contributed by atoms with Gasteiger partial charge in [-0.05, 0) is 76.9 Å². The van der Waals surface area contributed by atoms with Gasteiger partial charge in [0.25, 0.3) is 0 Å². The van der Waals surface area contributed by atoms with Crippen LogP contribution in [0.2, 0.25) is 0 Å². The van der Waals surface area contributed by atoms with E-state index in [2.05, 4.69) is 88.0 Å². The van der Waals surface area contributed by atoms with E-state index in [0.29, 0.717) is 17.1 Å². The zero-order valence-electron chi connectivity index (χ0n) is 28.4. The van der Waals surface area contributed by atoms with Gasteiger partial charge in [0.05, 0.1) is 27.6 Å². The van der Waals surface area contributed by atoms with Crippen molar-refractivity contribution in [1.29, 1.82) is 5.26 Å². The Balaban J connectivity index is 1.13. The zero-order valence-corrected chi connectivity index (χ0v) is 28.4. The van der Waals surface area contributed by atoms with Gasteiger partial charge < -0.3 is 4.74 Å². The summed E-state index contributed by atoms with van der Waals surface area (Å²) in [4.78, 5) is 9.67. The molecule has 6 aromatic carbocycles. The average Bonchev–Trinajstić information content (AvgIpc) is 3.73. The fraction of sp³-hybridized carbons (Fsp3) is 0. The van der Waals surface area contributed by atoms with Crippen LogP contribution in [0, 0.1) is 11.3 Å². The van der Waals surface area contributed by atoms with E-state index in [0.717, 1.165) is 77.5 Å². The molecule has 0 unspecified atom stereocenters. The van der Waals surface area contributed by atoms with Crippen molar-refractivity contribution in [2.45, 2.75) is 0 Å². The van der Waals surface area contributed by atoms with Crippen molar-refractivity contribution in [2.75, 3.05) is 0 Å². The number of nitrogens with zero attached hydrogens (tertiary/aromatic N) is 5. The van der Waals surface area contributed by atoms with Crippen LogP contribution < -0.4 is 4.74 Å². The van der Waals surface area contributed by atoms with Crippen molar-refractivity contribution in [3.63, 3.8) is 0 Å². The number of aromatic nitrogens is 4. The van der Waals surface area contributed by atoms with Gasteiger partial charge in [-0.15, -0.1) is 0 Å². The Morgan fingerprint density at radius 1 is 0.434 bits per heavy atom. The first-order valence-corrected chi connectivity index (χ1v) is 17.5. The van der Waals surface area contributed by atoms with Gasteiger partial charge in [0.1, 0.15) is 29.2 Å². The predicted octanol–water partition coefficient (Wildman–Crippen LogP) is 11.7. The minimum absolute atomic E-state index is 0.448. The maximum atomic E-state index is 10.4. The summed E-state index contributed by atoms with van der Waals surface area (Å²) in [6.45, 7) is 0. The molecule has 0 saturated heterocycles. The molecule has 0 bridgehead atoms. The quantitative estimate of drug-likeness (QED) is 0.175. The second-order valence-electron chi connectivity index (χ2n) is 13.0. The fourth-order valence-electron chi connectivity index (χ4n) is 7.50. The van der Waals surface area contributed by atoms with Crippen molar-refractivity contribution < 1.29 is 4.74 Å². The average molecular weight is 680 g/mol. The van der Waals surface area contributed by atoms with Gasteiger partial charge in [-0.2, -0.15) is 5.26 Å². The third-order valence-electron chi connectivity index (χ3n) is 9.93. The van der Waals surface area contributed by atoms with Crippen LogP contribution in [0.15, 0.2) is 176 Å². The van der Waals surface area contributed by atoms with E-state index >= 15 is 0 Å². The molecule has 0 fully saturated rings. The second kappa shape index (κ2) is 12.4. The molecule has 0 aliphatic heterocycles. The Labute approximate surface area is 305 Å². The monoisotopic (exact) mass is 679 g/mol. The van der Waals surface area contributed by atoms with Gasteiger partial charge in [0.15, 0.2) is 0 Å². The molecule has 0 N–H and O–H groups in total. The highest BCUT2D eigenvalue weighted by molar-refractivity contribution is 6.11. The van der Waals surface area contributed by atoms with E-state index in [4.69, 9.17) is 14.7 Å². The van der Waals surface area contributed by atoms with E-state index < -0.39 is 0 Å². The van der Waals surface area contributed by atoms with Gasteiger partial charge >= 0.3 is 0 Å². The summed E-state index contributed by atoms with van der Waals surface area (Å²) in [6, 6.07) is 57.9. The Morgan fingerprint density at radius 2 is 0.943 bits per heavy atom. The van der Waals surface area contributed by atoms with Crippen LogP contribution in [0.25, 0.3) is 77.5 Å². The van der Waals surface area contributed by atoms with Crippen LogP contribution in [0.3, 0.4) is 0 Å². The summed E-state index contributed by atoms with van der Waals surface area (Å²) < 4.78 is 11.0.